The monoisotopic (exact) mass is 401 g/mol. The molecule has 0 saturated carbocycles. The largest absolute Gasteiger partial charge is 0.444 e. The van der Waals surface area contributed by atoms with Crippen molar-refractivity contribution in [1.29, 1.82) is 0 Å². The standard InChI is InChI=1S/C21H27N3O5/c1-15-18(6-5-12-22-15)19(25)14-23(20(26)29-21(2,3)4)13-11-16-7-9-17(10-8-16)24(27)28/h5-10,12,19,25H,11,13-14H2,1-4H3. The molecule has 1 N–H and O–H groups in total. The van der Waals surface area contributed by atoms with Gasteiger partial charge in [-0.2, -0.15) is 0 Å². The Labute approximate surface area is 170 Å². The summed E-state index contributed by atoms with van der Waals surface area (Å²) in [7, 11) is 0. The van der Waals surface area contributed by atoms with Crippen LogP contribution in [0.2, 0.25) is 0 Å². The minimum Gasteiger partial charge on any atom is -0.444 e. The summed E-state index contributed by atoms with van der Waals surface area (Å²) in [5.74, 6) is 0. The maximum atomic E-state index is 12.7. The Bertz CT molecular complexity index is 846. The number of benzene rings is 1. The average molecular weight is 401 g/mol. The molecule has 0 aliphatic heterocycles. The lowest BCUT2D eigenvalue weighted by atomic mass is 10.1. The van der Waals surface area contributed by atoms with Crippen molar-refractivity contribution in [2.45, 2.75) is 45.8 Å². The number of pyridine rings is 1. The third kappa shape index (κ3) is 6.83. The summed E-state index contributed by atoms with van der Waals surface area (Å²) >= 11 is 0. The molecule has 0 fully saturated rings. The maximum absolute atomic E-state index is 12.7. The first-order valence-corrected chi connectivity index (χ1v) is 9.37. The van der Waals surface area contributed by atoms with Crippen molar-refractivity contribution in [3.05, 3.63) is 69.5 Å². The van der Waals surface area contributed by atoms with Gasteiger partial charge in [0.1, 0.15) is 5.60 Å². The van der Waals surface area contributed by atoms with Crippen LogP contribution < -0.4 is 0 Å². The Morgan fingerprint density at radius 3 is 2.48 bits per heavy atom. The molecule has 156 valence electrons. The molecule has 8 heteroatoms. The van der Waals surface area contributed by atoms with Gasteiger partial charge in [-0.1, -0.05) is 18.2 Å². The van der Waals surface area contributed by atoms with Gasteiger partial charge in [0.15, 0.2) is 0 Å². The highest BCUT2D eigenvalue weighted by molar-refractivity contribution is 5.68. The minimum atomic E-state index is -0.909. The van der Waals surface area contributed by atoms with E-state index >= 15 is 0 Å². The Morgan fingerprint density at radius 2 is 1.93 bits per heavy atom. The molecule has 0 saturated heterocycles. The van der Waals surface area contributed by atoms with E-state index in [1.54, 1.807) is 58.2 Å². The van der Waals surface area contributed by atoms with Gasteiger partial charge >= 0.3 is 6.09 Å². The van der Waals surface area contributed by atoms with Crippen molar-refractivity contribution in [1.82, 2.24) is 9.88 Å². The van der Waals surface area contributed by atoms with Crippen molar-refractivity contribution < 1.29 is 19.6 Å². The topological polar surface area (TPSA) is 106 Å². The fourth-order valence-electron chi connectivity index (χ4n) is 2.79. The number of hydrogen-bond acceptors (Lipinski definition) is 6. The van der Waals surface area contributed by atoms with Gasteiger partial charge in [0.05, 0.1) is 17.6 Å². The molecule has 2 rings (SSSR count). The summed E-state index contributed by atoms with van der Waals surface area (Å²) in [6.07, 6.45) is 0.676. The molecule has 1 heterocycles. The summed E-state index contributed by atoms with van der Waals surface area (Å²) in [5, 5.41) is 21.4. The van der Waals surface area contributed by atoms with Gasteiger partial charge < -0.3 is 14.7 Å². The van der Waals surface area contributed by atoms with Crippen molar-refractivity contribution in [3.8, 4) is 0 Å². The number of nitro groups is 1. The number of carbonyl (C=O) groups is 1. The summed E-state index contributed by atoms with van der Waals surface area (Å²) < 4.78 is 5.48. The molecule has 29 heavy (non-hydrogen) atoms. The SMILES string of the molecule is Cc1ncccc1C(O)CN(CCc1ccc([N+](=O)[O-])cc1)C(=O)OC(C)(C)C. The minimum absolute atomic E-state index is 0.0141. The molecule has 0 spiro atoms. The molecular formula is C21H27N3O5. The first-order chi connectivity index (χ1) is 13.6. The van der Waals surface area contributed by atoms with E-state index in [0.717, 1.165) is 5.56 Å². The maximum Gasteiger partial charge on any atom is 0.410 e. The Balaban J connectivity index is 2.13. The van der Waals surface area contributed by atoms with Gasteiger partial charge in [0.2, 0.25) is 0 Å². The molecule has 2 aromatic rings. The number of nitrogens with zero attached hydrogens (tertiary/aromatic N) is 3. The van der Waals surface area contributed by atoms with Crippen LogP contribution in [-0.4, -0.2) is 44.7 Å². The molecule has 8 nitrogen and oxygen atoms in total. The van der Waals surface area contributed by atoms with Crippen LogP contribution in [0.4, 0.5) is 10.5 Å². The van der Waals surface area contributed by atoms with E-state index in [2.05, 4.69) is 4.98 Å². The lowest BCUT2D eigenvalue weighted by molar-refractivity contribution is -0.384. The number of aromatic nitrogens is 1. The molecule has 1 aromatic carbocycles. The highest BCUT2D eigenvalue weighted by Gasteiger charge is 2.25. The van der Waals surface area contributed by atoms with Crippen molar-refractivity contribution in [3.63, 3.8) is 0 Å². The van der Waals surface area contributed by atoms with Crippen LogP contribution in [0.15, 0.2) is 42.6 Å². The Morgan fingerprint density at radius 1 is 1.28 bits per heavy atom. The summed E-state index contributed by atoms with van der Waals surface area (Å²) in [5.41, 5.74) is 1.53. The number of non-ortho nitro benzene ring substituents is 1. The van der Waals surface area contributed by atoms with Crippen LogP contribution in [0.3, 0.4) is 0 Å². The van der Waals surface area contributed by atoms with Crippen molar-refractivity contribution in [2.24, 2.45) is 0 Å². The molecule has 1 atom stereocenters. The quantitative estimate of drug-likeness (QED) is 0.559. The third-order valence-electron chi connectivity index (χ3n) is 4.27. The average Bonchev–Trinajstić information content (AvgIpc) is 2.64. The number of hydrogen-bond donors (Lipinski definition) is 1. The van der Waals surface area contributed by atoms with E-state index in [0.29, 0.717) is 24.2 Å². The van der Waals surface area contributed by atoms with Crippen molar-refractivity contribution in [2.75, 3.05) is 13.1 Å². The fraction of sp³-hybridized carbons (Fsp3) is 0.429. The van der Waals surface area contributed by atoms with Gasteiger partial charge in [0.25, 0.3) is 5.69 Å². The van der Waals surface area contributed by atoms with Gasteiger partial charge in [0, 0.05) is 36.1 Å². The number of rotatable bonds is 7. The van der Waals surface area contributed by atoms with Crippen molar-refractivity contribution >= 4 is 11.8 Å². The first kappa shape index (κ1) is 22.3. The number of aliphatic hydroxyl groups is 1. The van der Waals surface area contributed by atoms with Crippen LogP contribution in [0, 0.1) is 17.0 Å². The van der Waals surface area contributed by atoms with E-state index in [4.69, 9.17) is 4.74 Å². The number of carbonyl (C=O) groups excluding carboxylic acids is 1. The molecule has 1 aromatic heterocycles. The molecular weight excluding hydrogens is 374 g/mol. The van der Waals surface area contributed by atoms with Gasteiger partial charge in [-0.15, -0.1) is 0 Å². The van der Waals surface area contributed by atoms with E-state index < -0.39 is 22.7 Å². The predicted molar refractivity (Wildman–Crippen MR) is 109 cm³/mol. The van der Waals surface area contributed by atoms with Crippen LogP contribution in [0.5, 0.6) is 0 Å². The number of aliphatic hydroxyl groups excluding tert-OH is 1. The summed E-state index contributed by atoms with van der Waals surface area (Å²) in [4.78, 5) is 28.6. The fourth-order valence-corrected chi connectivity index (χ4v) is 2.79. The second-order valence-corrected chi connectivity index (χ2v) is 7.79. The number of ether oxygens (including phenoxy) is 1. The van der Waals surface area contributed by atoms with E-state index in [1.165, 1.54) is 17.0 Å². The number of aryl methyl sites for hydroxylation is 1. The molecule has 0 radical (unpaired) electrons. The van der Waals surface area contributed by atoms with Gasteiger partial charge in [-0.05, 0) is 45.7 Å². The molecule has 0 aliphatic rings. The van der Waals surface area contributed by atoms with Crippen LogP contribution >= 0.6 is 0 Å². The highest BCUT2D eigenvalue weighted by Crippen LogP contribution is 2.19. The van der Waals surface area contributed by atoms with Crippen LogP contribution in [-0.2, 0) is 11.2 Å². The van der Waals surface area contributed by atoms with Gasteiger partial charge in [-0.25, -0.2) is 4.79 Å². The van der Waals surface area contributed by atoms with Gasteiger partial charge in [-0.3, -0.25) is 15.1 Å². The molecule has 1 unspecified atom stereocenters. The third-order valence-corrected chi connectivity index (χ3v) is 4.27. The summed E-state index contributed by atoms with van der Waals surface area (Å²) in [6.45, 7) is 7.48. The lowest BCUT2D eigenvalue weighted by Crippen LogP contribution is -2.40. The summed E-state index contributed by atoms with van der Waals surface area (Å²) in [6, 6.07) is 9.69. The number of nitro benzene ring substituents is 1. The van der Waals surface area contributed by atoms with E-state index in [1.807, 2.05) is 0 Å². The predicted octanol–water partition coefficient (Wildman–Crippen LogP) is 3.81. The molecule has 0 aliphatic carbocycles. The first-order valence-electron chi connectivity index (χ1n) is 9.37. The zero-order valence-corrected chi connectivity index (χ0v) is 17.2. The number of amides is 1. The van der Waals surface area contributed by atoms with E-state index in [-0.39, 0.29) is 12.2 Å². The van der Waals surface area contributed by atoms with Crippen LogP contribution in [0.25, 0.3) is 0 Å². The molecule has 1 amide bonds. The normalized spacial score (nSPS) is 12.3. The van der Waals surface area contributed by atoms with E-state index in [9.17, 15) is 20.0 Å². The smallest absolute Gasteiger partial charge is 0.410 e. The lowest BCUT2D eigenvalue weighted by Gasteiger charge is -2.29. The molecule has 0 bridgehead atoms. The second-order valence-electron chi connectivity index (χ2n) is 7.79. The highest BCUT2D eigenvalue weighted by atomic mass is 16.6. The van der Waals surface area contributed by atoms with Crippen LogP contribution in [0.1, 0.15) is 43.7 Å². The Hall–Kier alpha value is -3.00. The zero-order chi connectivity index (χ0) is 21.6. The zero-order valence-electron chi connectivity index (χ0n) is 17.2. The second kappa shape index (κ2) is 9.47. The Kier molecular flexibility index (Phi) is 7.28.